The number of amides is 3. The van der Waals surface area contributed by atoms with Crippen molar-refractivity contribution in [1.29, 1.82) is 0 Å². The molecule has 12 heteroatoms. The number of carboxylic acids is 1. The van der Waals surface area contributed by atoms with E-state index >= 15 is 0 Å². The maximum atomic E-state index is 13.3. The zero-order chi connectivity index (χ0) is 27.5. The molecule has 204 valence electrons. The van der Waals surface area contributed by atoms with Crippen molar-refractivity contribution in [3.63, 3.8) is 0 Å². The highest BCUT2D eigenvalue weighted by Crippen LogP contribution is 2.19. The van der Waals surface area contributed by atoms with Gasteiger partial charge in [-0.05, 0) is 43.4 Å². The summed E-state index contributed by atoms with van der Waals surface area (Å²) in [5, 5.41) is 18.3. The number of fused-ring (bicyclic) bond motifs is 1. The van der Waals surface area contributed by atoms with Crippen LogP contribution in [0.1, 0.15) is 38.7 Å². The minimum absolute atomic E-state index is 0.0271. The van der Waals surface area contributed by atoms with Crippen LogP contribution in [0.4, 0.5) is 0 Å². The smallest absolute Gasteiger partial charge is 0.326 e. The standard InChI is InChI=1S/C25H38N6O5S/c1-14(2)21(27)24(34)31-20(13-37)23(33)30-19(11-15-12-28-17-8-4-3-7-16(15)17)22(32)29-18(25(35)36)9-5-6-10-26/h3-4,7-8,12,14,18-21,28,37H,5-6,9-11,13,26-27H2,1-2H3,(H,29,32)(H,30,33)(H,31,34)(H,35,36). The Bertz CT molecular complexity index is 1070. The van der Waals surface area contributed by atoms with Crippen LogP contribution in [-0.2, 0) is 25.6 Å². The molecule has 0 radical (unpaired) electrons. The number of aromatic nitrogens is 1. The minimum atomic E-state index is -1.18. The second-order valence-corrected chi connectivity index (χ2v) is 9.69. The van der Waals surface area contributed by atoms with E-state index in [0.29, 0.717) is 19.4 Å². The first kappa shape index (κ1) is 30.1. The normalized spacial score (nSPS) is 14.5. The molecule has 11 nitrogen and oxygen atoms in total. The van der Waals surface area contributed by atoms with Crippen molar-refractivity contribution in [2.24, 2.45) is 17.4 Å². The fraction of sp³-hybridized carbons (Fsp3) is 0.520. The first-order valence-electron chi connectivity index (χ1n) is 12.3. The van der Waals surface area contributed by atoms with E-state index in [1.54, 1.807) is 20.0 Å². The summed E-state index contributed by atoms with van der Waals surface area (Å²) in [6.45, 7) is 3.98. The van der Waals surface area contributed by atoms with Gasteiger partial charge in [0.2, 0.25) is 17.7 Å². The fourth-order valence-electron chi connectivity index (χ4n) is 3.79. The molecule has 1 aromatic heterocycles. The van der Waals surface area contributed by atoms with Crippen LogP contribution in [-0.4, -0.2) is 70.2 Å². The number of aliphatic carboxylic acids is 1. The Balaban J connectivity index is 2.25. The summed E-state index contributed by atoms with van der Waals surface area (Å²) in [7, 11) is 0. The third-order valence-electron chi connectivity index (χ3n) is 6.13. The van der Waals surface area contributed by atoms with Gasteiger partial charge in [0.05, 0.1) is 6.04 Å². The number of para-hydroxylation sites is 1. The van der Waals surface area contributed by atoms with E-state index in [2.05, 4.69) is 33.6 Å². The number of benzene rings is 1. The molecule has 2 aromatic rings. The van der Waals surface area contributed by atoms with Crippen molar-refractivity contribution >= 4 is 47.2 Å². The number of nitrogens with two attached hydrogens (primary N) is 2. The second kappa shape index (κ2) is 14.6. The summed E-state index contributed by atoms with van der Waals surface area (Å²) >= 11 is 4.18. The highest BCUT2D eigenvalue weighted by atomic mass is 32.1. The van der Waals surface area contributed by atoms with E-state index in [-0.39, 0.29) is 24.5 Å². The Kier molecular flexibility index (Phi) is 11.9. The van der Waals surface area contributed by atoms with Gasteiger partial charge in [-0.25, -0.2) is 4.79 Å². The first-order valence-corrected chi connectivity index (χ1v) is 13.0. The van der Waals surface area contributed by atoms with Gasteiger partial charge in [-0.1, -0.05) is 32.0 Å². The Morgan fingerprint density at radius 1 is 0.973 bits per heavy atom. The fourth-order valence-corrected chi connectivity index (χ4v) is 4.05. The molecule has 0 bridgehead atoms. The topological polar surface area (TPSA) is 192 Å². The molecule has 0 aliphatic rings. The van der Waals surface area contributed by atoms with Crippen molar-refractivity contribution in [2.75, 3.05) is 12.3 Å². The summed E-state index contributed by atoms with van der Waals surface area (Å²) in [5.74, 6) is -3.13. The molecule has 1 heterocycles. The average molecular weight is 535 g/mol. The number of carboxylic acid groups (broad SMARTS) is 1. The van der Waals surface area contributed by atoms with Crippen molar-refractivity contribution < 1.29 is 24.3 Å². The monoisotopic (exact) mass is 534 g/mol. The lowest BCUT2D eigenvalue weighted by molar-refractivity contribution is -0.142. The number of nitrogens with one attached hydrogen (secondary N) is 4. The van der Waals surface area contributed by atoms with E-state index in [1.807, 2.05) is 24.3 Å². The molecule has 37 heavy (non-hydrogen) atoms. The van der Waals surface area contributed by atoms with Gasteiger partial charge in [-0.3, -0.25) is 14.4 Å². The average Bonchev–Trinajstić information content (AvgIpc) is 3.28. The number of rotatable bonds is 15. The SMILES string of the molecule is CC(C)C(N)C(=O)NC(CS)C(=O)NC(Cc1c[nH]c2ccccc12)C(=O)NC(CCCCN)C(=O)O. The molecule has 0 aliphatic carbocycles. The lowest BCUT2D eigenvalue weighted by atomic mass is 10.0. The van der Waals surface area contributed by atoms with E-state index in [1.165, 1.54) is 0 Å². The summed E-state index contributed by atoms with van der Waals surface area (Å²) in [6, 6.07) is 3.39. The lowest BCUT2D eigenvalue weighted by Gasteiger charge is -2.25. The predicted octanol–water partition coefficient (Wildman–Crippen LogP) is 0.292. The number of hydrogen-bond donors (Lipinski definition) is 8. The van der Waals surface area contributed by atoms with E-state index in [9.17, 15) is 24.3 Å². The number of thiol groups is 1. The van der Waals surface area contributed by atoms with Gasteiger partial charge in [0.1, 0.15) is 18.1 Å². The molecule has 0 spiro atoms. The molecule has 4 atom stereocenters. The van der Waals surface area contributed by atoms with Gasteiger partial charge in [-0.2, -0.15) is 12.6 Å². The summed E-state index contributed by atoms with van der Waals surface area (Å²) < 4.78 is 0. The van der Waals surface area contributed by atoms with Gasteiger partial charge in [0, 0.05) is 29.3 Å². The molecule has 9 N–H and O–H groups in total. The zero-order valence-corrected chi connectivity index (χ0v) is 22.1. The predicted molar refractivity (Wildman–Crippen MR) is 145 cm³/mol. The van der Waals surface area contributed by atoms with E-state index in [0.717, 1.165) is 16.5 Å². The van der Waals surface area contributed by atoms with Crippen LogP contribution in [0.15, 0.2) is 30.5 Å². The molecular formula is C25H38N6O5S. The summed E-state index contributed by atoms with van der Waals surface area (Å²) in [5.41, 5.74) is 13.0. The van der Waals surface area contributed by atoms with Gasteiger partial charge < -0.3 is 37.5 Å². The highest BCUT2D eigenvalue weighted by Gasteiger charge is 2.30. The third kappa shape index (κ3) is 8.76. The number of carbonyl (C=O) groups is 4. The molecular weight excluding hydrogens is 496 g/mol. The quantitative estimate of drug-likeness (QED) is 0.119. The van der Waals surface area contributed by atoms with Gasteiger partial charge in [0.25, 0.3) is 0 Å². The maximum absolute atomic E-state index is 13.3. The van der Waals surface area contributed by atoms with Gasteiger partial charge in [0.15, 0.2) is 0 Å². The lowest BCUT2D eigenvalue weighted by Crippen LogP contribution is -2.58. The zero-order valence-electron chi connectivity index (χ0n) is 21.2. The molecule has 2 rings (SSSR count). The Morgan fingerprint density at radius 2 is 1.59 bits per heavy atom. The molecule has 3 amide bonds. The molecule has 0 aliphatic heterocycles. The third-order valence-corrected chi connectivity index (χ3v) is 6.50. The maximum Gasteiger partial charge on any atom is 0.326 e. The Morgan fingerprint density at radius 3 is 2.22 bits per heavy atom. The molecule has 0 saturated heterocycles. The van der Waals surface area contributed by atoms with Crippen LogP contribution in [0.25, 0.3) is 10.9 Å². The van der Waals surface area contributed by atoms with E-state index in [4.69, 9.17) is 11.5 Å². The van der Waals surface area contributed by atoms with Crippen molar-refractivity contribution in [1.82, 2.24) is 20.9 Å². The van der Waals surface area contributed by atoms with Crippen molar-refractivity contribution in [3.05, 3.63) is 36.0 Å². The molecule has 0 fully saturated rings. The van der Waals surface area contributed by atoms with Crippen LogP contribution in [0.2, 0.25) is 0 Å². The largest absolute Gasteiger partial charge is 0.480 e. The number of hydrogen-bond acceptors (Lipinski definition) is 7. The van der Waals surface area contributed by atoms with E-state index < -0.39 is 47.9 Å². The summed E-state index contributed by atoms with van der Waals surface area (Å²) in [6.07, 6.45) is 3.19. The Labute approximate surface area is 221 Å². The summed E-state index contributed by atoms with van der Waals surface area (Å²) in [4.78, 5) is 53.7. The minimum Gasteiger partial charge on any atom is -0.480 e. The molecule has 4 unspecified atom stereocenters. The van der Waals surface area contributed by atoms with Crippen LogP contribution >= 0.6 is 12.6 Å². The molecule has 0 saturated carbocycles. The first-order chi connectivity index (χ1) is 17.6. The van der Waals surface area contributed by atoms with Crippen LogP contribution in [0.5, 0.6) is 0 Å². The van der Waals surface area contributed by atoms with Crippen LogP contribution < -0.4 is 27.4 Å². The second-order valence-electron chi connectivity index (χ2n) is 9.32. The van der Waals surface area contributed by atoms with Crippen LogP contribution in [0, 0.1) is 5.92 Å². The van der Waals surface area contributed by atoms with Crippen LogP contribution in [0.3, 0.4) is 0 Å². The number of unbranched alkanes of at least 4 members (excludes halogenated alkanes) is 1. The number of aromatic amines is 1. The van der Waals surface area contributed by atoms with Crippen molar-refractivity contribution in [2.45, 2.75) is 63.7 Å². The highest BCUT2D eigenvalue weighted by molar-refractivity contribution is 7.80. The molecule has 1 aromatic carbocycles. The van der Waals surface area contributed by atoms with Gasteiger partial charge >= 0.3 is 5.97 Å². The van der Waals surface area contributed by atoms with Crippen molar-refractivity contribution in [3.8, 4) is 0 Å². The van der Waals surface area contributed by atoms with Gasteiger partial charge in [-0.15, -0.1) is 0 Å². The Hall–Kier alpha value is -3.09. The number of H-pyrrole nitrogens is 1. The number of carbonyl (C=O) groups excluding carboxylic acids is 3.